The van der Waals surface area contributed by atoms with Crippen molar-refractivity contribution in [2.75, 3.05) is 13.1 Å². The van der Waals surface area contributed by atoms with Crippen molar-refractivity contribution >= 4 is 27.8 Å². The SMILES string of the molecule is O=C(C[C@H](c1cccc2cccnc12)c1c(O)cc(O)c2c(=O)cc(-c3ccccc3)oc12)N1CCCCC1. The van der Waals surface area contributed by atoms with Crippen molar-refractivity contribution in [2.45, 2.75) is 31.6 Å². The van der Waals surface area contributed by atoms with E-state index in [0.717, 1.165) is 36.3 Å². The maximum atomic E-state index is 13.6. The van der Waals surface area contributed by atoms with E-state index in [4.69, 9.17) is 4.42 Å². The van der Waals surface area contributed by atoms with E-state index in [1.165, 1.54) is 6.07 Å². The van der Waals surface area contributed by atoms with Crippen molar-refractivity contribution in [1.82, 2.24) is 9.88 Å². The Bertz CT molecular complexity index is 1730. The highest BCUT2D eigenvalue weighted by Crippen LogP contribution is 2.44. The number of para-hydroxylation sites is 1. The molecule has 1 atom stereocenters. The molecule has 1 aliphatic rings. The summed E-state index contributed by atoms with van der Waals surface area (Å²) in [5, 5.41) is 22.9. The highest BCUT2D eigenvalue weighted by molar-refractivity contribution is 5.92. The molecule has 0 unspecified atom stereocenters. The Kier molecular flexibility index (Phi) is 6.49. The Morgan fingerprint density at radius 1 is 0.923 bits per heavy atom. The summed E-state index contributed by atoms with van der Waals surface area (Å²) in [7, 11) is 0. The first-order valence-electron chi connectivity index (χ1n) is 13.2. The number of hydrogen-bond acceptors (Lipinski definition) is 6. The summed E-state index contributed by atoms with van der Waals surface area (Å²) in [5.41, 5.74) is 2.00. The van der Waals surface area contributed by atoms with Gasteiger partial charge in [-0.05, 0) is 30.9 Å². The maximum absolute atomic E-state index is 13.6. The van der Waals surface area contributed by atoms with Gasteiger partial charge in [0.1, 0.15) is 28.2 Å². The number of carbonyl (C=O) groups excluding carboxylic acids is 1. The minimum Gasteiger partial charge on any atom is -0.507 e. The zero-order chi connectivity index (χ0) is 26.9. The molecule has 7 heteroatoms. The van der Waals surface area contributed by atoms with Crippen LogP contribution in [0.15, 0.2) is 88.2 Å². The molecule has 5 aromatic rings. The van der Waals surface area contributed by atoms with E-state index < -0.39 is 11.3 Å². The molecule has 196 valence electrons. The van der Waals surface area contributed by atoms with Crippen LogP contribution in [0.2, 0.25) is 0 Å². The van der Waals surface area contributed by atoms with Crippen LogP contribution in [0.25, 0.3) is 33.2 Å². The number of carbonyl (C=O) groups is 1. The molecule has 1 aliphatic heterocycles. The van der Waals surface area contributed by atoms with Gasteiger partial charge in [-0.3, -0.25) is 14.6 Å². The van der Waals surface area contributed by atoms with E-state index in [1.54, 1.807) is 6.20 Å². The molecular formula is C32H28N2O5. The first kappa shape index (κ1) is 24.7. The molecular weight excluding hydrogens is 492 g/mol. The van der Waals surface area contributed by atoms with E-state index in [1.807, 2.05) is 65.6 Å². The number of rotatable bonds is 5. The molecule has 2 N–H and O–H groups in total. The van der Waals surface area contributed by atoms with Crippen LogP contribution in [-0.4, -0.2) is 39.1 Å². The predicted octanol–water partition coefficient (Wildman–Crippen LogP) is 5.95. The largest absolute Gasteiger partial charge is 0.507 e. The Balaban J connectivity index is 1.61. The third-order valence-electron chi connectivity index (χ3n) is 7.53. The number of hydrogen-bond donors (Lipinski definition) is 2. The summed E-state index contributed by atoms with van der Waals surface area (Å²) in [6.07, 6.45) is 4.74. The second-order valence-corrected chi connectivity index (χ2v) is 9.99. The Morgan fingerprint density at radius 3 is 2.49 bits per heavy atom. The molecule has 0 saturated carbocycles. The van der Waals surface area contributed by atoms with E-state index in [0.29, 0.717) is 29.9 Å². The molecule has 0 radical (unpaired) electrons. The summed E-state index contributed by atoms with van der Waals surface area (Å²) in [4.78, 5) is 33.4. The first-order chi connectivity index (χ1) is 19.0. The minimum atomic E-state index is -0.685. The van der Waals surface area contributed by atoms with Crippen molar-refractivity contribution in [3.63, 3.8) is 0 Å². The highest BCUT2D eigenvalue weighted by atomic mass is 16.3. The van der Waals surface area contributed by atoms with Gasteiger partial charge in [0.15, 0.2) is 5.43 Å². The summed E-state index contributed by atoms with van der Waals surface area (Å²) in [6.45, 7) is 1.38. The fourth-order valence-corrected chi connectivity index (χ4v) is 5.63. The molecule has 0 bridgehead atoms. The lowest BCUT2D eigenvalue weighted by Gasteiger charge is -2.29. The molecule has 7 nitrogen and oxygen atoms in total. The van der Waals surface area contributed by atoms with Gasteiger partial charge in [0.05, 0.1) is 5.52 Å². The smallest absolute Gasteiger partial charge is 0.223 e. The number of amides is 1. The van der Waals surface area contributed by atoms with E-state index >= 15 is 0 Å². The van der Waals surface area contributed by atoms with Crippen LogP contribution in [0, 0.1) is 0 Å². The number of fused-ring (bicyclic) bond motifs is 2. The van der Waals surface area contributed by atoms with Gasteiger partial charge in [0.2, 0.25) is 5.91 Å². The molecule has 0 spiro atoms. The molecule has 6 rings (SSSR count). The number of aromatic hydroxyl groups is 2. The van der Waals surface area contributed by atoms with Gasteiger partial charge in [-0.1, -0.05) is 54.6 Å². The lowest BCUT2D eigenvalue weighted by molar-refractivity contribution is -0.132. The van der Waals surface area contributed by atoms with Gasteiger partial charge in [-0.15, -0.1) is 0 Å². The standard InChI is InChI=1S/C32H28N2O5/c35-24-18-25(36)30-26(37)19-27(20-9-3-1-4-10-20)39-32(30)29(24)23(17-28(38)34-15-5-2-6-16-34)22-13-7-11-21-12-8-14-33-31(21)22/h1,3-4,7-14,18-19,23,35-36H,2,5-6,15-17H2/t23-/m1/s1. The van der Waals surface area contributed by atoms with Crippen molar-refractivity contribution < 1.29 is 19.4 Å². The summed E-state index contributed by atoms with van der Waals surface area (Å²) < 4.78 is 6.30. The van der Waals surface area contributed by atoms with Crippen LogP contribution in [0.3, 0.4) is 0 Å². The molecule has 1 fully saturated rings. The molecule has 1 saturated heterocycles. The van der Waals surface area contributed by atoms with Crippen molar-refractivity contribution in [1.29, 1.82) is 0 Å². The first-order valence-corrected chi connectivity index (χ1v) is 13.2. The molecule has 2 aromatic heterocycles. The summed E-state index contributed by atoms with van der Waals surface area (Å²) >= 11 is 0. The number of phenols is 2. The summed E-state index contributed by atoms with van der Waals surface area (Å²) in [5.74, 6) is -1.06. The minimum absolute atomic E-state index is 0.0360. The van der Waals surface area contributed by atoms with Crippen LogP contribution in [0.1, 0.15) is 42.7 Å². The average Bonchev–Trinajstić information content (AvgIpc) is 2.96. The fourth-order valence-electron chi connectivity index (χ4n) is 5.63. The number of piperidine rings is 1. The number of nitrogens with zero attached hydrogens (tertiary/aromatic N) is 2. The Hall–Kier alpha value is -4.65. The molecule has 3 aromatic carbocycles. The van der Waals surface area contributed by atoms with Crippen LogP contribution < -0.4 is 5.43 Å². The Labute approximate surface area is 225 Å². The molecule has 39 heavy (non-hydrogen) atoms. The quantitative estimate of drug-likeness (QED) is 0.297. The zero-order valence-corrected chi connectivity index (χ0v) is 21.3. The second-order valence-electron chi connectivity index (χ2n) is 9.99. The number of likely N-dealkylation sites (tertiary alicyclic amines) is 1. The summed E-state index contributed by atoms with van der Waals surface area (Å²) in [6, 6.07) is 21.2. The number of aromatic nitrogens is 1. The molecule has 1 amide bonds. The van der Waals surface area contributed by atoms with Crippen LogP contribution >= 0.6 is 0 Å². The zero-order valence-electron chi connectivity index (χ0n) is 21.3. The van der Waals surface area contributed by atoms with E-state index in [9.17, 15) is 19.8 Å². The van der Waals surface area contributed by atoms with Crippen LogP contribution in [0.4, 0.5) is 0 Å². The topological polar surface area (TPSA) is 104 Å². The third-order valence-corrected chi connectivity index (χ3v) is 7.53. The highest BCUT2D eigenvalue weighted by Gasteiger charge is 2.31. The molecule has 3 heterocycles. The normalized spacial score (nSPS) is 14.5. The van der Waals surface area contributed by atoms with E-state index in [2.05, 4.69) is 4.98 Å². The monoisotopic (exact) mass is 520 g/mol. The molecule has 0 aliphatic carbocycles. The van der Waals surface area contributed by atoms with Crippen LogP contribution in [0.5, 0.6) is 11.5 Å². The van der Waals surface area contributed by atoms with Crippen molar-refractivity contribution in [2.24, 2.45) is 0 Å². The van der Waals surface area contributed by atoms with Gasteiger partial charge in [0, 0.05) is 60.3 Å². The van der Waals surface area contributed by atoms with Crippen molar-refractivity contribution in [3.05, 3.63) is 100 Å². The average molecular weight is 521 g/mol. The number of benzene rings is 3. The van der Waals surface area contributed by atoms with Gasteiger partial charge < -0.3 is 19.5 Å². The van der Waals surface area contributed by atoms with Crippen molar-refractivity contribution in [3.8, 4) is 22.8 Å². The number of pyridine rings is 1. The lowest BCUT2D eigenvalue weighted by atomic mass is 9.84. The van der Waals surface area contributed by atoms with Gasteiger partial charge in [0.25, 0.3) is 0 Å². The maximum Gasteiger partial charge on any atom is 0.223 e. The predicted molar refractivity (Wildman–Crippen MR) is 150 cm³/mol. The second kappa shape index (κ2) is 10.3. The van der Waals surface area contributed by atoms with Crippen LogP contribution in [-0.2, 0) is 4.79 Å². The lowest BCUT2D eigenvalue weighted by Crippen LogP contribution is -2.36. The van der Waals surface area contributed by atoms with Gasteiger partial charge in [-0.25, -0.2) is 0 Å². The van der Waals surface area contributed by atoms with Gasteiger partial charge >= 0.3 is 0 Å². The third kappa shape index (κ3) is 4.61. The van der Waals surface area contributed by atoms with E-state index in [-0.39, 0.29) is 40.4 Å². The Morgan fingerprint density at radius 2 is 1.69 bits per heavy atom. The van der Waals surface area contributed by atoms with Gasteiger partial charge in [-0.2, -0.15) is 0 Å². The fraction of sp³-hybridized carbons (Fsp3) is 0.219. The number of phenolic OH excluding ortho intramolecular Hbond substituents is 2.